The Balaban J connectivity index is 1.28. The molecule has 3 aromatic heterocycles. The molecular weight excluding hydrogens is 578 g/mol. The van der Waals surface area contributed by atoms with E-state index in [1.165, 1.54) is 14.0 Å². The van der Waals surface area contributed by atoms with Gasteiger partial charge in [-0.2, -0.15) is 5.10 Å². The molecule has 6 rings (SSSR count). The van der Waals surface area contributed by atoms with E-state index < -0.39 is 6.04 Å². The topological polar surface area (TPSA) is 132 Å². The smallest absolute Gasteiger partial charge is 0.316 e. The molecule has 2 fully saturated rings. The number of piperidine rings is 1. The highest BCUT2D eigenvalue weighted by atomic mass is 79.9. The maximum atomic E-state index is 13.7. The molecule has 3 atom stereocenters. The van der Waals surface area contributed by atoms with E-state index in [9.17, 15) is 14.4 Å². The standard InChI is InChI=1S/C28H26BrN7O4/c1-15(37)25-18-9-16(17-12-30-27(40-3)31-13-17)7-8-19(18)35(34-25)14-24(38)36-20(10-28(2)11-21(28)36)26(39)33-23-6-4-5-22(29)32-23/h4-9,12-13,20-21H,10-11,14H2,1-3H3,(H,32,33,39)/t20-,21+,28-/m0/s1. The van der Waals surface area contributed by atoms with E-state index in [1.807, 2.05) is 18.2 Å². The molecule has 1 aliphatic heterocycles. The molecule has 0 bridgehead atoms. The first-order chi connectivity index (χ1) is 19.2. The third kappa shape index (κ3) is 4.61. The van der Waals surface area contributed by atoms with Gasteiger partial charge >= 0.3 is 6.01 Å². The van der Waals surface area contributed by atoms with Crippen LogP contribution in [0.1, 0.15) is 37.2 Å². The van der Waals surface area contributed by atoms with Crippen LogP contribution in [-0.4, -0.2) is 66.4 Å². The SMILES string of the molecule is COc1ncc(-c2ccc3c(c2)c(C(C)=O)nn3CC(=O)N2[C@H](C(=O)Nc3cccc(Br)n3)C[C@@]3(C)C[C@@H]23)cn1. The maximum Gasteiger partial charge on any atom is 0.316 e. The lowest BCUT2D eigenvalue weighted by Crippen LogP contribution is -2.46. The zero-order valence-electron chi connectivity index (χ0n) is 22.1. The molecule has 1 aliphatic carbocycles. The van der Waals surface area contributed by atoms with Crippen LogP contribution in [0.4, 0.5) is 5.82 Å². The molecule has 4 aromatic rings. The molecule has 1 N–H and O–H groups in total. The van der Waals surface area contributed by atoms with Crippen LogP contribution in [0.3, 0.4) is 0 Å². The van der Waals surface area contributed by atoms with Gasteiger partial charge in [-0.25, -0.2) is 15.0 Å². The van der Waals surface area contributed by atoms with Crippen molar-refractivity contribution < 1.29 is 19.1 Å². The number of anilines is 1. The molecule has 1 aromatic carbocycles. The van der Waals surface area contributed by atoms with E-state index in [0.717, 1.165) is 17.5 Å². The number of ketones is 1. The normalized spacial score (nSPS) is 21.2. The second kappa shape index (κ2) is 9.77. The number of carbonyl (C=O) groups excluding carboxylic acids is 3. The Kier molecular flexibility index (Phi) is 6.37. The predicted molar refractivity (Wildman–Crippen MR) is 150 cm³/mol. The van der Waals surface area contributed by atoms with E-state index in [-0.39, 0.29) is 47.3 Å². The van der Waals surface area contributed by atoms with Gasteiger partial charge in [-0.05, 0) is 64.0 Å². The number of ether oxygens (including phenoxy) is 1. The Morgan fingerprint density at radius 3 is 2.60 bits per heavy atom. The molecule has 204 valence electrons. The van der Waals surface area contributed by atoms with Gasteiger partial charge in [-0.3, -0.25) is 19.1 Å². The van der Waals surface area contributed by atoms with Crippen molar-refractivity contribution in [2.24, 2.45) is 5.41 Å². The monoisotopic (exact) mass is 603 g/mol. The highest BCUT2D eigenvalue weighted by Gasteiger charge is 2.64. The number of nitrogens with one attached hydrogen (secondary N) is 1. The highest BCUT2D eigenvalue weighted by molar-refractivity contribution is 9.10. The number of halogens is 1. The maximum absolute atomic E-state index is 13.7. The number of methoxy groups -OCH3 is 1. The lowest BCUT2D eigenvalue weighted by Gasteiger charge is -2.26. The van der Waals surface area contributed by atoms with Crippen molar-refractivity contribution >= 4 is 50.2 Å². The molecular formula is C28H26BrN7O4. The Hall–Kier alpha value is -4.19. The largest absolute Gasteiger partial charge is 0.467 e. The average Bonchev–Trinajstić information content (AvgIpc) is 3.30. The van der Waals surface area contributed by atoms with Crippen LogP contribution in [0.2, 0.25) is 0 Å². The first-order valence-electron chi connectivity index (χ1n) is 12.8. The number of fused-ring (bicyclic) bond motifs is 2. The molecule has 2 amide bonds. The summed E-state index contributed by atoms with van der Waals surface area (Å²) in [4.78, 5) is 53.8. The van der Waals surface area contributed by atoms with Crippen molar-refractivity contribution in [2.75, 3.05) is 12.4 Å². The first-order valence-corrected chi connectivity index (χ1v) is 13.6. The second-order valence-electron chi connectivity index (χ2n) is 10.5. The minimum absolute atomic E-state index is 0.0120. The summed E-state index contributed by atoms with van der Waals surface area (Å²) in [6.07, 6.45) is 4.71. The van der Waals surface area contributed by atoms with Crippen molar-refractivity contribution in [3.63, 3.8) is 0 Å². The van der Waals surface area contributed by atoms with Crippen LogP contribution < -0.4 is 10.1 Å². The fraction of sp³-hybridized carbons (Fsp3) is 0.321. The second-order valence-corrected chi connectivity index (χ2v) is 11.3. The predicted octanol–water partition coefficient (Wildman–Crippen LogP) is 3.88. The lowest BCUT2D eigenvalue weighted by molar-refractivity contribution is -0.138. The Morgan fingerprint density at radius 1 is 1.12 bits per heavy atom. The number of carbonyl (C=O) groups is 3. The fourth-order valence-corrected chi connectivity index (χ4v) is 5.91. The number of likely N-dealkylation sites (tertiary alicyclic amines) is 1. The number of benzene rings is 1. The van der Waals surface area contributed by atoms with E-state index >= 15 is 0 Å². The number of pyridine rings is 1. The van der Waals surface area contributed by atoms with E-state index in [0.29, 0.717) is 27.7 Å². The molecule has 1 saturated heterocycles. The van der Waals surface area contributed by atoms with Crippen LogP contribution in [-0.2, 0) is 16.1 Å². The zero-order chi connectivity index (χ0) is 28.2. The van der Waals surface area contributed by atoms with Gasteiger partial charge in [0.25, 0.3) is 0 Å². The average molecular weight is 604 g/mol. The summed E-state index contributed by atoms with van der Waals surface area (Å²) in [5.41, 5.74) is 2.38. The molecule has 1 saturated carbocycles. The molecule has 4 heterocycles. The molecule has 0 spiro atoms. The molecule has 40 heavy (non-hydrogen) atoms. The van der Waals surface area contributed by atoms with Crippen LogP contribution in [0, 0.1) is 5.41 Å². The number of hydrogen-bond acceptors (Lipinski definition) is 8. The summed E-state index contributed by atoms with van der Waals surface area (Å²) < 4.78 is 7.19. The van der Waals surface area contributed by atoms with Crippen LogP contribution in [0.15, 0.2) is 53.4 Å². The molecule has 0 unspecified atom stereocenters. The molecule has 0 radical (unpaired) electrons. The lowest BCUT2D eigenvalue weighted by atomic mass is 10.0. The van der Waals surface area contributed by atoms with Crippen LogP contribution in [0.5, 0.6) is 6.01 Å². The number of nitrogens with zero attached hydrogens (tertiary/aromatic N) is 6. The third-order valence-electron chi connectivity index (χ3n) is 7.71. The van der Waals surface area contributed by atoms with E-state index in [4.69, 9.17) is 4.74 Å². The van der Waals surface area contributed by atoms with Gasteiger partial charge < -0.3 is 15.0 Å². The summed E-state index contributed by atoms with van der Waals surface area (Å²) in [6.45, 7) is 3.45. The first kappa shape index (κ1) is 26.1. The Bertz CT molecular complexity index is 1670. The Morgan fingerprint density at radius 2 is 1.90 bits per heavy atom. The van der Waals surface area contributed by atoms with E-state index in [2.05, 4.69) is 48.2 Å². The van der Waals surface area contributed by atoms with Gasteiger partial charge in [-0.1, -0.05) is 19.1 Å². The summed E-state index contributed by atoms with van der Waals surface area (Å²) in [5, 5.41) is 7.99. The number of amides is 2. The molecule has 2 aliphatic rings. The minimum Gasteiger partial charge on any atom is -0.467 e. The van der Waals surface area contributed by atoms with Gasteiger partial charge in [0.1, 0.15) is 28.7 Å². The summed E-state index contributed by atoms with van der Waals surface area (Å²) >= 11 is 3.32. The summed E-state index contributed by atoms with van der Waals surface area (Å²) in [5.74, 6) is -0.289. The highest BCUT2D eigenvalue weighted by Crippen LogP contribution is 2.59. The van der Waals surface area contributed by atoms with Crippen molar-refractivity contribution in [1.29, 1.82) is 0 Å². The van der Waals surface area contributed by atoms with Crippen molar-refractivity contribution in [2.45, 2.75) is 45.3 Å². The van der Waals surface area contributed by atoms with Gasteiger partial charge in [0.05, 0.1) is 12.6 Å². The summed E-state index contributed by atoms with van der Waals surface area (Å²) in [7, 11) is 1.50. The Labute approximate surface area is 238 Å². The number of aromatic nitrogens is 5. The minimum atomic E-state index is -0.618. The quantitative estimate of drug-likeness (QED) is 0.248. The third-order valence-corrected chi connectivity index (χ3v) is 8.15. The number of rotatable bonds is 7. The number of Topliss-reactive ketones (excluding diaryl/α,β-unsaturated/α-hetero) is 1. The fourth-order valence-electron chi connectivity index (χ4n) is 5.57. The zero-order valence-corrected chi connectivity index (χ0v) is 23.7. The van der Waals surface area contributed by atoms with Gasteiger partial charge in [0, 0.05) is 36.3 Å². The van der Waals surface area contributed by atoms with E-state index in [1.54, 1.807) is 40.2 Å². The molecule has 11 nitrogen and oxygen atoms in total. The van der Waals surface area contributed by atoms with Gasteiger partial charge in [0.2, 0.25) is 11.8 Å². The van der Waals surface area contributed by atoms with Gasteiger partial charge in [0.15, 0.2) is 5.78 Å². The van der Waals surface area contributed by atoms with Crippen LogP contribution >= 0.6 is 15.9 Å². The van der Waals surface area contributed by atoms with Crippen LogP contribution in [0.25, 0.3) is 22.0 Å². The summed E-state index contributed by atoms with van der Waals surface area (Å²) in [6, 6.07) is 10.4. The molecule has 12 heteroatoms. The van der Waals surface area contributed by atoms with Gasteiger partial charge in [-0.15, -0.1) is 0 Å². The van der Waals surface area contributed by atoms with Crippen molar-refractivity contribution in [3.05, 3.63) is 59.1 Å². The number of hydrogen-bond donors (Lipinski definition) is 1. The van der Waals surface area contributed by atoms with Crippen molar-refractivity contribution in [1.82, 2.24) is 29.6 Å². The van der Waals surface area contributed by atoms with Crippen molar-refractivity contribution in [3.8, 4) is 17.1 Å².